The Morgan fingerprint density at radius 2 is 2.27 bits per heavy atom. The van der Waals surface area contributed by atoms with E-state index < -0.39 is 6.23 Å². The number of fused-ring (bicyclic) bond motifs is 1. The molecule has 0 aromatic carbocycles. The summed E-state index contributed by atoms with van der Waals surface area (Å²) >= 11 is 0. The van der Waals surface area contributed by atoms with E-state index in [0.717, 1.165) is 0 Å². The molecule has 0 spiro atoms. The number of aromatic nitrogens is 2. The predicted octanol–water partition coefficient (Wildman–Crippen LogP) is 0.253. The Balaban J connectivity index is 2.40. The number of hydrogen-bond donors (Lipinski definition) is 1. The summed E-state index contributed by atoms with van der Waals surface area (Å²) in [5.74, 6) is 0.684. The average Bonchev–Trinajstić information content (AvgIpc) is 2.57. The largest absolute Gasteiger partial charge is 0.465 e. The zero-order valence-electron chi connectivity index (χ0n) is 9.01. The van der Waals surface area contributed by atoms with Crippen molar-refractivity contribution in [1.29, 1.82) is 0 Å². The Kier molecular flexibility index (Phi) is 2.36. The second-order valence-electron chi connectivity index (χ2n) is 3.34. The number of nitrogens with zero attached hydrogens (tertiary/aromatic N) is 4. The lowest BCUT2D eigenvalue weighted by Gasteiger charge is -2.25. The Morgan fingerprint density at radius 1 is 1.53 bits per heavy atom. The molecule has 1 atom stereocenters. The standard InChI is InChI=1S/C9H14N4O2/c1-4-15-9-11-8(14)6-7(13(9)3)10-5-12(6)2/h5,8,14H,4H2,1-3H3. The molecule has 0 fully saturated rings. The number of anilines is 1. The van der Waals surface area contributed by atoms with Crippen LogP contribution in [0.1, 0.15) is 18.8 Å². The van der Waals surface area contributed by atoms with Crippen molar-refractivity contribution in [2.45, 2.75) is 13.2 Å². The van der Waals surface area contributed by atoms with Crippen molar-refractivity contribution in [3.05, 3.63) is 12.0 Å². The number of aliphatic hydroxyl groups is 1. The molecule has 2 rings (SSSR count). The van der Waals surface area contributed by atoms with Gasteiger partial charge in [-0.15, -0.1) is 0 Å². The first kappa shape index (κ1) is 9.97. The highest BCUT2D eigenvalue weighted by molar-refractivity contribution is 5.92. The first-order valence-electron chi connectivity index (χ1n) is 4.78. The van der Waals surface area contributed by atoms with Crippen LogP contribution in [0.25, 0.3) is 0 Å². The first-order chi connectivity index (χ1) is 7.15. The van der Waals surface area contributed by atoms with Gasteiger partial charge in [-0.25, -0.2) is 4.98 Å². The van der Waals surface area contributed by atoms with E-state index in [9.17, 15) is 5.11 Å². The third-order valence-electron chi connectivity index (χ3n) is 2.32. The summed E-state index contributed by atoms with van der Waals surface area (Å²) in [6.07, 6.45) is 0.750. The van der Waals surface area contributed by atoms with Crippen molar-refractivity contribution in [2.75, 3.05) is 18.6 Å². The van der Waals surface area contributed by atoms with Gasteiger partial charge < -0.3 is 14.4 Å². The topological polar surface area (TPSA) is 62.9 Å². The number of aliphatic hydroxyl groups excluding tert-OH is 1. The number of rotatable bonds is 1. The fourth-order valence-electron chi connectivity index (χ4n) is 1.59. The van der Waals surface area contributed by atoms with Gasteiger partial charge in [0.2, 0.25) is 0 Å². The molecule has 1 N–H and O–H groups in total. The minimum atomic E-state index is -0.898. The summed E-state index contributed by atoms with van der Waals surface area (Å²) in [7, 11) is 3.64. The van der Waals surface area contributed by atoms with Crippen LogP contribution in [0, 0.1) is 0 Å². The molecule has 2 heterocycles. The van der Waals surface area contributed by atoms with Crippen LogP contribution in [0.4, 0.5) is 5.82 Å². The number of imidazole rings is 1. The molecule has 1 aliphatic rings. The van der Waals surface area contributed by atoms with Gasteiger partial charge in [-0.3, -0.25) is 4.90 Å². The normalized spacial score (nSPS) is 19.9. The van der Waals surface area contributed by atoms with E-state index in [2.05, 4.69) is 9.98 Å². The van der Waals surface area contributed by atoms with Gasteiger partial charge in [-0.1, -0.05) is 0 Å². The monoisotopic (exact) mass is 210 g/mol. The van der Waals surface area contributed by atoms with E-state index in [1.807, 2.05) is 21.0 Å². The van der Waals surface area contributed by atoms with E-state index in [1.165, 1.54) is 0 Å². The third kappa shape index (κ3) is 1.46. The van der Waals surface area contributed by atoms with Crippen LogP contribution < -0.4 is 4.90 Å². The Labute approximate surface area is 87.8 Å². The van der Waals surface area contributed by atoms with E-state index >= 15 is 0 Å². The lowest BCUT2D eigenvalue weighted by molar-refractivity contribution is 0.170. The molecular weight excluding hydrogens is 196 g/mol. The highest BCUT2D eigenvalue weighted by Crippen LogP contribution is 2.29. The van der Waals surface area contributed by atoms with Crippen molar-refractivity contribution < 1.29 is 9.84 Å². The van der Waals surface area contributed by atoms with Crippen LogP contribution in [0.15, 0.2) is 11.3 Å². The molecule has 6 nitrogen and oxygen atoms in total. The number of aryl methyl sites for hydroxylation is 1. The van der Waals surface area contributed by atoms with Gasteiger partial charge in [0, 0.05) is 14.1 Å². The first-order valence-corrected chi connectivity index (χ1v) is 4.78. The number of aliphatic imine (C=N–C) groups is 1. The zero-order valence-corrected chi connectivity index (χ0v) is 9.01. The summed E-state index contributed by atoms with van der Waals surface area (Å²) < 4.78 is 7.05. The fourth-order valence-corrected chi connectivity index (χ4v) is 1.59. The molecule has 0 bridgehead atoms. The van der Waals surface area contributed by atoms with Crippen molar-refractivity contribution in [2.24, 2.45) is 12.0 Å². The second-order valence-corrected chi connectivity index (χ2v) is 3.34. The Bertz CT molecular complexity index is 399. The molecule has 0 aliphatic carbocycles. The zero-order chi connectivity index (χ0) is 11.0. The molecular formula is C9H14N4O2. The molecule has 0 radical (unpaired) electrons. The average molecular weight is 210 g/mol. The molecule has 0 saturated heterocycles. The molecule has 0 saturated carbocycles. The van der Waals surface area contributed by atoms with E-state index in [1.54, 1.807) is 15.8 Å². The molecule has 82 valence electrons. The molecule has 6 heteroatoms. The van der Waals surface area contributed by atoms with Crippen LogP contribution in [-0.2, 0) is 11.8 Å². The van der Waals surface area contributed by atoms with Gasteiger partial charge in [-0.2, -0.15) is 4.99 Å². The third-order valence-corrected chi connectivity index (χ3v) is 2.32. The van der Waals surface area contributed by atoms with Crippen LogP contribution in [-0.4, -0.2) is 34.3 Å². The number of amidine groups is 1. The highest BCUT2D eigenvalue weighted by atomic mass is 16.5. The second kappa shape index (κ2) is 3.54. The molecule has 1 aliphatic heterocycles. The quantitative estimate of drug-likeness (QED) is 0.722. The Hall–Kier alpha value is -1.56. The molecule has 0 amide bonds. The fraction of sp³-hybridized carbons (Fsp3) is 0.556. The van der Waals surface area contributed by atoms with Crippen LogP contribution >= 0.6 is 0 Å². The summed E-state index contributed by atoms with van der Waals surface area (Å²) in [6, 6.07) is 0.399. The molecule has 1 unspecified atom stereocenters. The van der Waals surface area contributed by atoms with Crippen LogP contribution in [0.3, 0.4) is 0 Å². The van der Waals surface area contributed by atoms with Crippen molar-refractivity contribution in [3.8, 4) is 0 Å². The lowest BCUT2D eigenvalue weighted by atomic mass is 10.3. The van der Waals surface area contributed by atoms with Gasteiger partial charge in [0.05, 0.1) is 12.9 Å². The minimum Gasteiger partial charge on any atom is -0.465 e. The number of hydrogen-bond acceptors (Lipinski definition) is 5. The summed E-state index contributed by atoms with van der Waals surface area (Å²) in [5, 5.41) is 9.79. The van der Waals surface area contributed by atoms with E-state index in [4.69, 9.17) is 4.74 Å². The number of ether oxygens (including phenoxy) is 1. The SMILES string of the molecule is CCOC1=NC(O)c2c(ncn2C)N1C. The predicted molar refractivity (Wildman–Crippen MR) is 55.6 cm³/mol. The maximum absolute atomic E-state index is 9.79. The van der Waals surface area contributed by atoms with Crippen molar-refractivity contribution >= 4 is 11.8 Å². The minimum absolute atomic E-state index is 0.399. The van der Waals surface area contributed by atoms with Gasteiger partial charge in [0.1, 0.15) is 5.69 Å². The van der Waals surface area contributed by atoms with E-state index in [0.29, 0.717) is 24.1 Å². The van der Waals surface area contributed by atoms with Crippen LogP contribution in [0.2, 0.25) is 0 Å². The lowest BCUT2D eigenvalue weighted by Crippen LogP contribution is -2.34. The van der Waals surface area contributed by atoms with Crippen molar-refractivity contribution in [1.82, 2.24) is 9.55 Å². The maximum Gasteiger partial charge on any atom is 0.295 e. The van der Waals surface area contributed by atoms with E-state index in [-0.39, 0.29) is 0 Å². The van der Waals surface area contributed by atoms with Crippen molar-refractivity contribution in [3.63, 3.8) is 0 Å². The maximum atomic E-state index is 9.79. The highest BCUT2D eigenvalue weighted by Gasteiger charge is 2.28. The summed E-state index contributed by atoms with van der Waals surface area (Å²) in [6.45, 7) is 2.38. The van der Waals surface area contributed by atoms with Gasteiger partial charge >= 0.3 is 0 Å². The van der Waals surface area contributed by atoms with Gasteiger partial charge in [-0.05, 0) is 6.92 Å². The molecule has 1 aromatic rings. The van der Waals surface area contributed by atoms with Crippen LogP contribution in [0.5, 0.6) is 0 Å². The summed E-state index contributed by atoms with van der Waals surface area (Å²) in [5.41, 5.74) is 0.681. The van der Waals surface area contributed by atoms with Gasteiger partial charge in [0.25, 0.3) is 6.02 Å². The smallest absolute Gasteiger partial charge is 0.295 e. The molecule has 15 heavy (non-hydrogen) atoms. The molecule has 1 aromatic heterocycles. The Morgan fingerprint density at radius 3 is 2.93 bits per heavy atom. The summed E-state index contributed by atoms with van der Waals surface area (Å²) in [4.78, 5) is 9.96. The van der Waals surface area contributed by atoms with Gasteiger partial charge in [0.15, 0.2) is 12.0 Å².